The van der Waals surface area contributed by atoms with E-state index >= 15 is 0 Å². The number of carbonyl (C=O) groups excluding carboxylic acids is 2. The van der Waals surface area contributed by atoms with Gasteiger partial charge >= 0.3 is 0 Å². The zero-order valence-electron chi connectivity index (χ0n) is 15.6. The van der Waals surface area contributed by atoms with Crippen molar-refractivity contribution in [1.82, 2.24) is 10.2 Å². The molecule has 142 valence electrons. The second-order valence-corrected chi connectivity index (χ2v) is 7.38. The van der Waals surface area contributed by atoms with Crippen LogP contribution in [-0.4, -0.2) is 55.7 Å². The zero-order chi connectivity index (χ0) is 19.1. The molecule has 0 radical (unpaired) electrons. The van der Waals surface area contributed by atoms with Gasteiger partial charge in [0.2, 0.25) is 5.91 Å². The van der Waals surface area contributed by atoms with Crippen LogP contribution in [0.15, 0.2) is 54.6 Å². The van der Waals surface area contributed by atoms with E-state index in [1.807, 2.05) is 53.6 Å². The molecule has 1 N–H and O–H groups in total. The Balaban J connectivity index is 1.45. The van der Waals surface area contributed by atoms with Crippen molar-refractivity contribution in [2.24, 2.45) is 0 Å². The quantitative estimate of drug-likeness (QED) is 0.833. The van der Waals surface area contributed by atoms with Gasteiger partial charge in [-0.2, -0.15) is 11.8 Å². The molecule has 0 saturated carbocycles. The summed E-state index contributed by atoms with van der Waals surface area (Å²) in [5.41, 5.74) is 2.95. The molecule has 1 fully saturated rings. The van der Waals surface area contributed by atoms with E-state index in [4.69, 9.17) is 0 Å². The van der Waals surface area contributed by atoms with Crippen molar-refractivity contribution in [3.63, 3.8) is 0 Å². The van der Waals surface area contributed by atoms with Crippen LogP contribution in [0.1, 0.15) is 15.9 Å². The van der Waals surface area contributed by atoms with Crippen molar-refractivity contribution in [3.8, 4) is 0 Å². The van der Waals surface area contributed by atoms with E-state index in [0.717, 1.165) is 18.8 Å². The molecule has 1 aliphatic rings. The lowest BCUT2D eigenvalue weighted by Gasteiger charge is -2.36. The molecule has 2 amide bonds. The van der Waals surface area contributed by atoms with Crippen molar-refractivity contribution in [1.29, 1.82) is 0 Å². The van der Waals surface area contributed by atoms with E-state index < -0.39 is 0 Å². The van der Waals surface area contributed by atoms with Gasteiger partial charge in [0.15, 0.2) is 0 Å². The number of benzene rings is 2. The van der Waals surface area contributed by atoms with E-state index in [2.05, 4.69) is 22.3 Å². The lowest BCUT2D eigenvalue weighted by atomic mass is 10.1. The first-order valence-corrected chi connectivity index (χ1v) is 10.5. The van der Waals surface area contributed by atoms with Crippen molar-refractivity contribution >= 4 is 29.3 Å². The summed E-state index contributed by atoms with van der Waals surface area (Å²) in [6.45, 7) is 3.00. The van der Waals surface area contributed by atoms with Crippen molar-refractivity contribution in [3.05, 3.63) is 65.7 Å². The summed E-state index contributed by atoms with van der Waals surface area (Å²) in [5.74, 6) is 0.687. The van der Waals surface area contributed by atoms with Crippen molar-refractivity contribution in [2.75, 3.05) is 43.9 Å². The summed E-state index contributed by atoms with van der Waals surface area (Å²) >= 11 is 1.74. The first-order valence-electron chi connectivity index (χ1n) is 9.11. The molecule has 3 rings (SSSR count). The minimum absolute atomic E-state index is 0.0323. The standard InChI is InChI=1S/C21H25N3O2S/c1-27-16-17-7-9-18(10-8-17)21(26)22-15-20(25)24-13-11-23(12-14-24)19-5-3-2-4-6-19/h2-10H,11-16H2,1H3,(H,22,26). The minimum atomic E-state index is -0.207. The highest BCUT2D eigenvalue weighted by Gasteiger charge is 2.21. The Morgan fingerprint density at radius 2 is 1.63 bits per heavy atom. The first kappa shape index (κ1) is 19.3. The number of nitrogens with one attached hydrogen (secondary N) is 1. The van der Waals surface area contributed by atoms with E-state index in [1.54, 1.807) is 11.8 Å². The van der Waals surface area contributed by atoms with E-state index in [0.29, 0.717) is 18.7 Å². The summed E-state index contributed by atoms with van der Waals surface area (Å²) in [5, 5.41) is 2.74. The molecule has 0 spiro atoms. The van der Waals surface area contributed by atoms with Crippen LogP contribution in [-0.2, 0) is 10.5 Å². The number of anilines is 1. The van der Waals surface area contributed by atoms with E-state index in [-0.39, 0.29) is 18.4 Å². The van der Waals surface area contributed by atoms with Crippen LogP contribution in [0.5, 0.6) is 0 Å². The molecule has 0 bridgehead atoms. The second kappa shape index (κ2) is 9.46. The molecule has 0 aliphatic carbocycles. The Kier molecular flexibility index (Phi) is 6.76. The van der Waals surface area contributed by atoms with Crippen molar-refractivity contribution in [2.45, 2.75) is 5.75 Å². The average molecular weight is 384 g/mol. The van der Waals surface area contributed by atoms with Crippen molar-refractivity contribution < 1.29 is 9.59 Å². The number of hydrogen-bond acceptors (Lipinski definition) is 4. The summed E-state index contributed by atoms with van der Waals surface area (Å²) in [6, 6.07) is 17.7. The van der Waals surface area contributed by atoms with Gasteiger partial charge in [-0.05, 0) is 36.1 Å². The average Bonchev–Trinajstić information content (AvgIpc) is 2.73. The molecule has 1 heterocycles. The number of thioether (sulfide) groups is 1. The second-order valence-electron chi connectivity index (χ2n) is 6.52. The van der Waals surface area contributed by atoms with Gasteiger partial charge in [-0.1, -0.05) is 30.3 Å². The SMILES string of the molecule is CSCc1ccc(C(=O)NCC(=O)N2CCN(c3ccccc3)CC2)cc1. The topological polar surface area (TPSA) is 52.7 Å². The fourth-order valence-electron chi connectivity index (χ4n) is 3.14. The maximum atomic E-state index is 12.4. The minimum Gasteiger partial charge on any atom is -0.368 e. The predicted molar refractivity (Wildman–Crippen MR) is 111 cm³/mol. The van der Waals surface area contributed by atoms with E-state index in [1.165, 1.54) is 11.3 Å². The van der Waals surface area contributed by atoms with Crippen LogP contribution in [0.4, 0.5) is 5.69 Å². The van der Waals surface area contributed by atoms with Crippen LogP contribution < -0.4 is 10.2 Å². The Morgan fingerprint density at radius 3 is 2.26 bits per heavy atom. The summed E-state index contributed by atoms with van der Waals surface area (Å²) in [4.78, 5) is 28.7. The van der Waals surface area contributed by atoms with Gasteiger partial charge in [0.25, 0.3) is 5.91 Å². The van der Waals surface area contributed by atoms with Gasteiger partial charge in [-0.3, -0.25) is 9.59 Å². The van der Waals surface area contributed by atoms with Gasteiger partial charge in [0.1, 0.15) is 0 Å². The van der Waals surface area contributed by atoms with Gasteiger partial charge in [-0.15, -0.1) is 0 Å². The lowest BCUT2D eigenvalue weighted by Crippen LogP contribution is -2.51. The Morgan fingerprint density at radius 1 is 0.963 bits per heavy atom. The Hall–Kier alpha value is -2.47. The summed E-state index contributed by atoms with van der Waals surface area (Å²) < 4.78 is 0. The molecule has 2 aromatic rings. The molecule has 1 aliphatic heterocycles. The monoisotopic (exact) mass is 383 g/mol. The van der Waals surface area contributed by atoms with E-state index in [9.17, 15) is 9.59 Å². The highest BCUT2D eigenvalue weighted by Crippen LogP contribution is 2.15. The fourth-order valence-corrected chi connectivity index (χ4v) is 3.67. The molecule has 5 nitrogen and oxygen atoms in total. The highest BCUT2D eigenvalue weighted by molar-refractivity contribution is 7.97. The molecule has 27 heavy (non-hydrogen) atoms. The first-order chi connectivity index (χ1) is 13.2. The Bertz CT molecular complexity index is 757. The number of para-hydroxylation sites is 1. The largest absolute Gasteiger partial charge is 0.368 e. The maximum absolute atomic E-state index is 12.4. The van der Waals surface area contributed by atoms with Crippen LogP contribution in [0.25, 0.3) is 0 Å². The number of nitrogens with zero attached hydrogens (tertiary/aromatic N) is 2. The van der Waals surface area contributed by atoms with Gasteiger partial charge in [0.05, 0.1) is 6.54 Å². The molecule has 0 atom stereocenters. The number of carbonyl (C=O) groups is 2. The number of rotatable bonds is 6. The van der Waals surface area contributed by atoms with Gasteiger partial charge in [0, 0.05) is 43.2 Å². The molecule has 2 aromatic carbocycles. The summed E-state index contributed by atoms with van der Waals surface area (Å²) in [7, 11) is 0. The van der Waals surface area contributed by atoms with Gasteiger partial charge in [-0.25, -0.2) is 0 Å². The number of amides is 2. The summed E-state index contributed by atoms with van der Waals surface area (Å²) in [6.07, 6.45) is 2.05. The molecule has 1 saturated heterocycles. The molecule has 0 aromatic heterocycles. The van der Waals surface area contributed by atoms with Crippen LogP contribution in [0, 0.1) is 0 Å². The zero-order valence-corrected chi connectivity index (χ0v) is 16.4. The third kappa shape index (κ3) is 5.26. The Labute approximate surface area is 164 Å². The molecule has 0 unspecified atom stereocenters. The number of hydrogen-bond donors (Lipinski definition) is 1. The molecular weight excluding hydrogens is 358 g/mol. The maximum Gasteiger partial charge on any atom is 0.251 e. The third-order valence-corrected chi connectivity index (χ3v) is 5.30. The normalized spacial score (nSPS) is 14.1. The smallest absolute Gasteiger partial charge is 0.251 e. The van der Waals surface area contributed by atoms with Gasteiger partial charge < -0.3 is 15.1 Å². The predicted octanol–water partition coefficient (Wildman–Crippen LogP) is 2.63. The number of piperazine rings is 1. The van der Waals surface area contributed by atoms with Crippen LogP contribution in [0.3, 0.4) is 0 Å². The van der Waals surface area contributed by atoms with Crippen LogP contribution >= 0.6 is 11.8 Å². The lowest BCUT2D eigenvalue weighted by molar-refractivity contribution is -0.130. The van der Waals surface area contributed by atoms with Crippen LogP contribution in [0.2, 0.25) is 0 Å². The molecule has 6 heteroatoms. The highest BCUT2D eigenvalue weighted by atomic mass is 32.2. The molecular formula is C21H25N3O2S. The fraction of sp³-hybridized carbons (Fsp3) is 0.333. The third-order valence-electron chi connectivity index (χ3n) is 4.68.